The van der Waals surface area contributed by atoms with Crippen LogP contribution >= 0.6 is 11.3 Å². The Labute approximate surface area is 144 Å². The van der Waals surface area contributed by atoms with Crippen molar-refractivity contribution < 1.29 is 0 Å². The Morgan fingerprint density at radius 1 is 1.30 bits per heavy atom. The second-order valence-corrected chi connectivity index (χ2v) is 7.38. The van der Waals surface area contributed by atoms with E-state index in [0.717, 1.165) is 56.7 Å². The fourth-order valence-electron chi connectivity index (χ4n) is 2.82. The molecule has 1 aliphatic heterocycles. The maximum absolute atomic E-state index is 4.80. The quantitative estimate of drug-likeness (QED) is 0.640. The van der Waals surface area contributed by atoms with Crippen LogP contribution in [0.15, 0.2) is 10.4 Å². The summed E-state index contributed by atoms with van der Waals surface area (Å²) in [7, 11) is 0. The molecule has 1 aromatic rings. The molecule has 2 rings (SSSR count). The molecule has 1 saturated heterocycles. The molecule has 0 atom stereocenters. The van der Waals surface area contributed by atoms with Gasteiger partial charge in [-0.1, -0.05) is 20.8 Å². The Balaban J connectivity index is 1.91. The Morgan fingerprint density at radius 2 is 2.04 bits per heavy atom. The number of guanidine groups is 1. The number of nitrogens with zero attached hydrogens (tertiary/aromatic N) is 4. The lowest BCUT2D eigenvalue weighted by Gasteiger charge is -2.37. The average Bonchev–Trinajstić information content (AvgIpc) is 3.00. The fraction of sp³-hybridized carbons (Fsp3) is 0.765. The minimum Gasteiger partial charge on any atom is -0.357 e. The highest BCUT2D eigenvalue weighted by Gasteiger charge is 2.19. The second kappa shape index (κ2) is 9.23. The Hall–Kier alpha value is -1.14. The van der Waals surface area contributed by atoms with Crippen molar-refractivity contribution in [3.05, 3.63) is 16.1 Å². The number of rotatable bonds is 6. The van der Waals surface area contributed by atoms with Gasteiger partial charge >= 0.3 is 0 Å². The first kappa shape index (κ1) is 18.2. The van der Waals surface area contributed by atoms with Crippen LogP contribution in [0.1, 0.15) is 38.4 Å². The van der Waals surface area contributed by atoms with Gasteiger partial charge in [-0.15, -0.1) is 11.3 Å². The van der Waals surface area contributed by atoms with Gasteiger partial charge < -0.3 is 10.2 Å². The van der Waals surface area contributed by atoms with E-state index in [1.54, 1.807) is 11.3 Å². The Bertz CT molecular complexity index is 489. The molecule has 23 heavy (non-hydrogen) atoms. The zero-order chi connectivity index (χ0) is 16.7. The number of piperazine rings is 1. The van der Waals surface area contributed by atoms with E-state index in [4.69, 9.17) is 4.99 Å². The van der Waals surface area contributed by atoms with Crippen molar-refractivity contribution in [1.29, 1.82) is 0 Å². The van der Waals surface area contributed by atoms with E-state index >= 15 is 0 Å². The highest BCUT2D eigenvalue weighted by atomic mass is 32.1. The van der Waals surface area contributed by atoms with Crippen LogP contribution in [0, 0.1) is 5.92 Å². The van der Waals surface area contributed by atoms with Gasteiger partial charge in [0, 0.05) is 44.6 Å². The normalized spacial score (nSPS) is 17.1. The minimum atomic E-state index is 0.672. The van der Waals surface area contributed by atoms with Gasteiger partial charge in [-0.3, -0.25) is 4.90 Å². The molecule has 130 valence electrons. The van der Waals surface area contributed by atoms with E-state index in [2.05, 4.69) is 53.2 Å². The van der Waals surface area contributed by atoms with Crippen molar-refractivity contribution in [2.24, 2.45) is 10.9 Å². The third kappa shape index (κ3) is 5.77. The van der Waals surface area contributed by atoms with Gasteiger partial charge in [0.05, 0.1) is 17.2 Å². The van der Waals surface area contributed by atoms with E-state index in [0.29, 0.717) is 6.54 Å². The van der Waals surface area contributed by atoms with Gasteiger partial charge in [-0.05, 0) is 19.3 Å². The van der Waals surface area contributed by atoms with Crippen LogP contribution in [0.4, 0.5) is 0 Å². The molecule has 0 aromatic carbocycles. The van der Waals surface area contributed by atoms with E-state index in [-0.39, 0.29) is 0 Å². The van der Waals surface area contributed by atoms with Crippen LogP contribution < -0.4 is 5.32 Å². The summed E-state index contributed by atoms with van der Waals surface area (Å²) in [5.41, 5.74) is 1.08. The summed E-state index contributed by atoms with van der Waals surface area (Å²) < 4.78 is 0. The molecule has 0 radical (unpaired) electrons. The number of aryl methyl sites for hydroxylation is 1. The number of thiazole rings is 1. The predicted molar refractivity (Wildman–Crippen MR) is 99.2 cm³/mol. The number of hydrogen-bond acceptors (Lipinski definition) is 4. The number of hydrogen-bond donors (Lipinski definition) is 1. The van der Waals surface area contributed by atoms with Gasteiger partial charge in [0.15, 0.2) is 5.96 Å². The van der Waals surface area contributed by atoms with E-state index in [1.165, 1.54) is 11.6 Å². The summed E-state index contributed by atoms with van der Waals surface area (Å²) in [4.78, 5) is 14.3. The van der Waals surface area contributed by atoms with Crippen molar-refractivity contribution in [1.82, 2.24) is 20.1 Å². The first-order valence-electron chi connectivity index (χ1n) is 8.81. The first-order valence-corrected chi connectivity index (χ1v) is 9.69. The lowest BCUT2D eigenvalue weighted by atomic mass is 10.2. The summed E-state index contributed by atoms with van der Waals surface area (Å²) in [6, 6.07) is 0. The molecule has 0 amide bonds. The molecule has 2 heterocycles. The standard InChI is InChI=1S/C17H31N5S/c1-5-16-20-15(13-23-16)11-19-17(18-6-2)22-9-7-21(8-10-22)12-14(3)4/h13-14H,5-12H2,1-4H3,(H,18,19). The molecule has 1 N–H and O–H groups in total. The van der Waals surface area contributed by atoms with Crippen LogP contribution in [-0.4, -0.2) is 60.0 Å². The topological polar surface area (TPSA) is 43.8 Å². The monoisotopic (exact) mass is 337 g/mol. The third-order valence-electron chi connectivity index (χ3n) is 3.92. The number of aliphatic imine (C=N–C) groups is 1. The third-order valence-corrected chi connectivity index (χ3v) is 4.96. The van der Waals surface area contributed by atoms with Gasteiger partial charge in [0.25, 0.3) is 0 Å². The molecule has 1 aromatic heterocycles. The summed E-state index contributed by atoms with van der Waals surface area (Å²) in [5.74, 6) is 1.77. The molecule has 1 fully saturated rings. The maximum Gasteiger partial charge on any atom is 0.194 e. The Morgan fingerprint density at radius 3 is 2.61 bits per heavy atom. The van der Waals surface area contributed by atoms with Gasteiger partial charge in [-0.2, -0.15) is 0 Å². The molecule has 0 unspecified atom stereocenters. The first-order chi connectivity index (χ1) is 11.1. The summed E-state index contributed by atoms with van der Waals surface area (Å²) in [6.45, 7) is 16.0. The molecule has 6 heteroatoms. The predicted octanol–water partition coefficient (Wildman–Crippen LogP) is 2.44. The molecule has 0 saturated carbocycles. The minimum absolute atomic E-state index is 0.672. The van der Waals surface area contributed by atoms with Crippen LogP contribution in [0.3, 0.4) is 0 Å². The van der Waals surface area contributed by atoms with Crippen LogP contribution in [0.5, 0.6) is 0 Å². The van der Waals surface area contributed by atoms with Gasteiger partial charge in [0.2, 0.25) is 0 Å². The molecule has 0 spiro atoms. The molecular weight excluding hydrogens is 306 g/mol. The van der Waals surface area contributed by atoms with Crippen molar-refractivity contribution >= 4 is 17.3 Å². The number of aromatic nitrogens is 1. The van der Waals surface area contributed by atoms with Crippen molar-refractivity contribution in [3.63, 3.8) is 0 Å². The van der Waals surface area contributed by atoms with Crippen molar-refractivity contribution in [2.45, 2.75) is 40.7 Å². The molecule has 5 nitrogen and oxygen atoms in total. The van der Waals surface area contributed by atoms with Crippen LogP contribution in [0.2, 0.25) is 0 Å². The van der Waals surface area contributed by atoms with Gasteiger partial charge in [0.1, 0.15) is 0 Å². The molecule has 0 bridgehead atoms. The lowest BCUT2D eigenvalue weighted by molar-refractivity contribution is 0.164. The summed E-state index contributed by atoms with van der Waals surface area (Å²) >= 11 is 1.74. The molecular formula is C17H31N5S. The largest absolute Gasteiger partial charge is 0.357 e. The van der Waals surface area contributed by atoms with Crippen LogP contribution in [-0.2, 0) is 13.0 Å². The Kier molecular flexibility index (Phi) is 7.30. The van der Waals surface area contributed by atoms with Gasteiger partial charge in [-0.25, -0.2) is 9.98 Å². The second-order valence-electron chi connectivity index (χ2n) is 6.44. The zero-order valence-corrected chi connectivity index (χ0v) is 15.8. The summed E-state index contributed by atoms with van der Waals surface area (Å²) in [5, 5.41) is 6.76. The van der Waals surface area contributed by atoms with E-state index in [1.807, 2.05) is 0 Å². The average molecular weight is 338 g/mol. The summed E-state index contributed by atoms with van der Waals surface area (Å²) in [6.07, 6.45) is 1.01. The maximum atomic E-state index is 4.80. The van der Waals surface area contributed by atoms with E-state index < -0.39 is 0 Å². The fourth-order valence-corrected chi connectivity index (χ4v) is 3.56. The van der Waals surface area contributed by atoms with Crippen molar-refractivity contribution in [3.8, 4) is 0 Å². The van der Waals surface area contributed by atoms with Crippen LogP contribution in [0.25, 0.3) is 0 Å². The highest BCUT2D eigenvalue weighted by molar-refractivity contribution is 7.09. The molecule has 1 aliphatic rings. The lowest BCUT2D eigenvalue weighted by Crippen LogP contribution is -2.53. The highest BCUT2D eigenvalue weighted by Crippen LogP contribution is 2.11. The van der Waals surface area contributed by atoms with Crippen molar-refractivity contribution in [2.75, 3.05) is 39.3 Å². The van der Waals surface area contributed by atoms with E-state index in [9.17, 15) is 0 Å². The SMILES string of the molecule is CCNC(=NCc1csc(CC)n1)N1CCN(CC(C)C)CC1. The smallest absolute Gasteiger partial charge is 0.194 e. The zero-order valence-electron chi connectivity index (χ0n) is 15.0. The molecule has 0 aliphatic carbocycles. The number of nitrogens with one attached hydrogen (secondary N) is 1.